The lowest BCUT2D eigenvalue weighted by Crippen LogP contribution is -2.30. The van der Waals surface area contributed by atoms with Gasteiger partial charge in [-0.15, -0.1) is 16.9 Å². The molecule has 2 aromatic rings. The average molecular weight is 379 g/mol. The summed E-state index contributed by atoms with van der Waals surface area (Å²) in [5, 5.41) is 18.3. The van der Waals surface area contributed by atoms with Crippen LogP contribution in [0.15, 0.2) is 33.8 Å². The van der Waals surface area contributed by atoms with E-state index in [1.54, 1.807) is 24.2 Å². The minimum absolute atomic E-state index is 0.250. The van der Waals surface area contributed by atoms with Crippen LogP contribution in [0.3, 0.4) is 0 Å². The van der Waals surface area contributed by atoms with Crippen molar-refractivity contribution in [2.45, 2.75) is 36.3 Å². The fraction of sp³-hybridized carbons (Fsp3) is 0.529. The van der Waals surface area contributed by atoms with Crippen LogP contribution >= 0.6 is 11.8 Å². The number of hydrogen-bond donors (Lipinski definition) is 2. The predicted molar refractivity (Wildman–Crippen MR) is 100 cm³/mol. The zero-order valence-electron chi connectivity index (χ0n) is 14.7. The fourth-order valence-electron chi connectivity index (χ4n) is 2.64. The van der Waals surface area contributed by atoms with Crippen LogP contribution in [0.2, 0.25) is 0 Å². The number of pyridine rings is 1. The zero-order valence-corrected chi connectivity index (χ0v) is 15.5. The lowest BCUT2D eigenvalue weighted by Gasteiger charge is -2.19. The van der Waals surface area contributed by atoms with Crippen molar-refractivity contribution in [1.29, 1.82) is 0 Å². The number of rotatable bonds is 7. The van der Waals surface area contributed by atoms with Crippen LogP contribution < -0.4 is 5.32 Å². The fourth-order valence-corrected chi connectivity index (χ4v) is 3.36. The Morgan fingerprint density at radius 3 is 2.58 bits per heavy atom. The number of anilines is 1. The van der Waals surface area contributed by atoms with Crippen LogP contribution in [0.25, 0.3) is 0 Å². The van der Waals surface area contributed by atoms with Crippen LogP contribution in [0.4, 0.5) is 6.01 Å². The molecule has 3 heterocycles. The summed E-state index contributed by atoms with van der Waals surface area (Å²) in [6.45, 7) is 4.04. The van der Waals surface area contributed by atoms with Gasteiger partial charge in [-0.05, 0) is 38.1 Å². The molecular weight excluding hydrogens is 354 g/mol. The highest BCUT2D eigenvalue weighted by Crippen LogP contribution is 2.21. The number of nitrogens with zero attached hydrogens (tertiary/aromatic N) is 4. The summed E-state index contributed by atoms with van der Waals surface area (Å²) < 4.78 is 5.63. The molecule has 0 bridgehead atoms. The van der Waals surface area contributed by atoms with Crippen molar-refractivity contribution in [1.82, 2.24) is 20.1 Å². The van der Waals surface area contributed by atoms with E-state index in [0.717, 1.165) is 18.0 Å². The molecule has 9 heteroatoms. The predicted octanol–water partition coefficient (Wildman–Crippen LogP) is 2.75. The van der Waals surface area contributed by atoms with Gasteiger partial charge in [-0.2, -0.15) is 0 Å². The molecule has 0 aromatic carbocycles. The number of likely N-dealkylation sites (tertiary alicyclic amines) is 1. The molecule has 0 spiro atoms. The molecule has 8 nitrogen and oxygen atoms in total. The van der Waals surface area contributed by atoms with Crippen LogP contribution in [0.5, 0.6) is 0 Å². The largest absolute Gasteiger partial charge is 0.483 e. The van der Waals surface area contributed by atoms with E-state index >= 15 is 0 Å². The molecule has 3 rings (SSSR count). The lowest BCUT2D eigenvalue weighted by molar-refractivity contribution is -0.122. The van der Waals surface area contributed by atoms with E-state index in [9.17, 15) is 0 Å². The van der Waals surface area contributed by atoms with Gasteiger partial charge < -0.3 is 19.7 Å². The normalized spacial score (nSPS) is 14.8. The summed E-state index contributed by atoms with van der Waals surface area (Å²) in [6, 6.07) is 4.47. The first-order valence-corrected chi connectivity index (χ1v) is 9.69. The first kappa shape index (κ1) is 20.2. The Labute approximate surface area is 157 Å². The third-order valence-electron chi connectivity index (χ3n) is 3.88. The maximum atomic E-state index is 8.36. The Kier molecular flexibility index (Phi) is 9.52. The molecule has 142 valence electrons. The number of carbonyl (C=O) groups is 1. The van der Waals surface area contributed by atoms with Gasteiger partial charge in [-0.3, -0.25) is 9.78 Å². The molecule has 0 saturated carbocycles. The Morgan fingerprint density at radius 2 is 1.88 bits per heavy atom. The molecular formula is C17H25N5O3S. The van der Waals surface area contributed by atoms with Gasteiger partial charge in [0.15, 0.2) is 0 Å². The second-order valence-corrected chi connectivity index (χ2v) is 6.81. The van der Waals surface area contributed by atoms with Gasteiger partial charge in [-0.25, -0.2) is 0 Å². The Morgan fingerprint density at radius 1 is 1.19 bits per heavy atom. The summed E-state index contributed by atoms with van der Waals surface area (Å²) >= 11 is 1.66. The van der Waals surface area contributed by atoms with Crippen LogP contribution in [-0.4, -0.2) is 57.8 Å². The third-order valence-corrected chi connectivity index (χ3v) is 4.88. The van der Waals surface area contributed by atoms with Crippen molar-refractivity contribution in [3.8, 4) is 0 Å². The maximum absolute atomic E-state index is 8.36. The van der Waals surface area contributed by atoms with Gasteiger partial charge in [0.05, 0.1) is 5.75 Å². The minimum atomic E-state index is -0.250. The highest BCUT2D eigenvalue weighted by atomic mass is 32.2. The molecule has 0 unspecified atom stereocenters. The molecule has 1 aliphatic heterocycles. The summed E-state index contributed by atoms with van der Waals surface area (Å²) in [5.74, 6) is 1.31. The summed E-state index contributed by atoms with van der Waals surface area (Å²) in [6.07, 6.45) is 8.93. The number of aromatic nitrogens is 3. The van der Waals surface area contributed by atoms with E-state index in [0.29, 0.717) is 17.7 Å². The van der Waals surface area contributed by atoms with Gasteiger partial charge in [0.25, 0.3) is 6.47 Å². The molecule has 1 fully saturated rings. The number of thioether (sulfide) groups is 1. The molecule has 2 N–H and O–H groups in total. The van der Waals surface area contributed by atoms with E-state index in [1.807, 2.05) is 12.1 Å². The van der Waals surface area contributed by atoms with Crippen LogP contribution in [0.1, 0.15) is 31.6 Å². The second-order valence-electron chi connectivity index (χ2n) is 5.76. The molecule has 0 atom stereocenters. The monoisotopic (exact) mass is 379 g/mol. The van der Waals surface area contributed by atoms with Gasteiger partial charge in [0.2, 0.25) is 5.89 Å². The molecule has 0 amide bonds. The van der Waals surface area contributed by atoms with Crippen molar-refractivity contribution in [3.63, 3.8) is 0 Å². The second kappa shape index (κ2) is 12.3. The Bertz CT molecular complexity index is 618. The van der Waals surface area contributed by atoms with Gasteiger partial charge in [0, 0.05) is 30.4 Å². The summed E-state index contributed by atoms with van der Waals surface area (Å²) in [4.78, 5) is 16.0. The minimum Gasteiger partial charge on any atom is -0.483 e. The highest BCUT2D eigenvalue weighted by Gasteiger charge is 2.10. The van der Waals surface area contributed by atoms with E-state index in [1.165, 1.54) is 38.8 Å². The summed E-state index contributed by atoms with van der Waals surface area (Å²) in [7, 11) is 0. The SMILES string of the molecule is O=CO.c1cc(SCc2nnc(NCCN3CCCCCC3)o2)ccn1. The molecule has 0 aliphatic carbocycles. The Hall–Kier alpha value is -2.13. The third kappa shape index (κ3) is 7.83. The van der Waals surface area contributed by atoms with E-state index in [4.69, 9.17) is 14.3 Å². The van der Waals surface area contributed by atoms with Gasteiger partial charge >= 0.3 is 6.01 Å². The zero-order chi connectivity index (χ0) is 18.5. The molecule has 1 saturated heterocycles. The topological polar surface area (TPSA) is 104 Å². The van der Waals surface area contributed by atoms with Crippen molar-refractivity contribution in [2.24, 2.45) is 0 Å². The number of carboxylic acid groups (broad SMARTS) is 1. The van der Waals surface area contributed by atoms with Crippen LogP contribution in [-0.2, 0) is 10.5 Å². The van der Waals surface area contributed by atoms with Crippen molar-refractivity contribution < 1.29 is 14.3 Å². The number of hydrogen-bond acceptors (Lipinski definition) is 8. The standard InChI is InChI=1S/C16H23N5OS.CH2O2/c1-2-4-11-21(10-3-1)12-9-18-16-20-19-15(22-16)13-23-14-5-7-17-8-6-14;2-1-3/h5-8H,1-4,9-13H2,(H,18,20);1H,(H,2,3). The van der Waals surface area contributed by atoms with Crippen molar-refractivity contribution >= 4 is 24.2 Å². The Balaban J connectivity index is 0.000000758. The van der Waals surface area contributed by atoms with Gasteiger partial charge in [-0.1, -0.05) is 17.9 Å². The smallest absolute Gasteiger partial charge is 0.315 e. The van der Waals surface area contributed by atoms with Crippen LogP contribution in [0, 0.1) is 0 Å². The van der Waals surface area contributed by atoms with Crippen molar-refractivity contribution in [3.05, 3.63) is 30.4 Å². The quantitative estimate of drug-likeness (QED) is 0.555. The van der Waals surface area contributed by atoms with E-state index < -0.39 is 0 Å². The van der Waals surface area contributed by atoms with Crippen molar-refractivity contribution in [2.75, 3.05) is 31.5 Å². The van der Waals surface area contributed by atoms with E-state index in [-0.39, 0.29) is 6.47 Å². The first-order chi connectivity index (χ1) is 12.8. The van der Waals surface area contributed by atoms with Gasteiger partial charge in [0.1, 0.15) is 0 Å². The number of nitrogens with one attached hydrogen (secondary N) is 1. The molecule has 1 aliphatic rings. The maximum Gasteiger partial charge on any atom is 0.315 e. The average Bonchev–Trinajstić information content (AvgIpc) is 2.95. The lowest BCUT2D eigenvalue weighted by atomic mass is 10.2. The first-order valence-electron chi connectivity index (χ1n) is 8.71. The summed E-state index contributed by atoms with van der Waals surface area (Å²) in [5.41, 5.74) is 0. The van der Waals surface area contributed by atoms with E-state index in [2.05, 4.69) is 25.4 Å². The molecule has 0 radical (unpaired) electrons. The molecule has 26 heavy (non-hydrogen) atoms. The molecule has 2 aromatic heterocycles. The highest BCUT2D eigenvalue weighted by molar-refractivity contribution is 7.98.